The first kappa shape index (κ1) is 31.4. The second-order valence-corrected chi connectivity index (χ2v) is 14.0. The van der Waals surface area contributed by atoms with Gasteiger partial charge in [-0.1, -0.05) is 0 Å². The quantitative estimate of drug-likeness (QED) is 0.138. The first-order valence-corrected chi connectivity index (χ1v) is 16.9. The van der Waals surface area contributed by atoms with Crippen LogP contribution in [-0.4, -0.2) is 56.1 Å². The van der Waals surface area contributed by atoms with Crippen LogP contribution < -0.4 is 10.6 Å². The second kappa shape index (κ2) is 11.8. The third kappa shape index (κ3) is 6.71. The Kier molecular flexibility index (Phi) is 8.21. The van der Waals surface area contributed by atoms with Crippen LogP contribution in [0.4, 0.5) is 11.4 Å². The van der Waals surface area contributed by atoms with Gasteiger partial charge >= 0.3 is 0 Å². The lowest BCUT2D eigenvalue weighted by molar-refractivity contribution is -0.112. The Morgan fingerprint density at radius 1 is 0.644 bits per heavy atom. The maximum Gasteiger partial charge on any atom is 0.296 e. The van der Waals surface area contributed by atoms with Gasteiger partial charge in [-0.3, -0.25) is 28.7 Å². The predicted molar refractivity (Wildman–Crippen MR) is 161 cm³/mol. The van der Waals surface area contributed by atoms with Crippen LogP contribution in [0.1, 0.15) is 11.1 Å². The second-order valence-electron chi connectivity index (χ2n) is 9.35. The normalized spacial score (nSPS) is 13.8. The SMILES string of the molecule is O=C(/C=C/c1ccncc1)Nc1cc2c(cc1S(=O)(=O)O)-c1cc(S(=O)(=O)O)c(NC(=O)/C=C/c3ccncc3)cc1S2(=O)=O. The number of amides is 2. The van der Waals surface area contributed by atoms with Crippen molar-refractivity contribution in [2.24, 2.45) is 0 Å². The zero-order valence-corrected chi connectivity index (χ0v) is 25.0. The number of sulfone groups is 1. The number of fused-ring (bicyclic) bond motifs is 3. The largest absolute Gasteiger partial charge is 0.321 e. The number of hydrogen-bond donors (Lipinski definition) is 4. The number of pyridine rings is 2. The highest BCUT2D eigenvalue weighted by Gasteiger charge is 2.38. The van der Waals surface area contributed by atoms with Crippen molar-refractivity contribution in [2.45, 2.75) is 19.6 Å². The van der Waals surface area contributed by atoms with Crippen LogP contribution in [0, 0.1) is 0 Å². The minimum Gasteiger partial charge on any atom is -0.321 e. The van der Waals surface area contributed by atoms with Crippen LogP contribution in [0.25, 0.3) is 23.3 Å². The molecule has 0 saturated carbocycles. The van der Waals surface area contributed by atoms with E-state index in [4.69, 9.17) is 0 Å². The highest BCUT2D eigenvalue weighted by Crippen LogP contribution is 2.48. The van der Waals surface area contributed by atoms with Gasteiger partial charge in [-0.05, 0) is 71.8 Å². The van der Waals surface area contributed by atoms with Gasteiger partial charge < -0.3 is 10.6 Å². The molecule has 2 aromatic heterocycles. The fourth-order valence-corrected chi connectivity index (χ4v) is 7.38. The Hall–Kier alpha value is -5.07. The highest BCUT2D eigenvalue weighted by molar-refractivity contribution is 7.92. The Morgan fingerprint density at radius 2 is 1.00 bits per heavy atom. The van der Waals surface area contributed by atoms with Crippen molar-refractivity contribution >= 4 is 65.4 Å². The van der Waals surface area contributed by atoms with Gasteiger partial charge in [-0.25, -0.2) is 8.42 Å². The summed E-state index contributed by atoms with van der Waals surface area (Å²) in [5.74, 6) is -1.74. The zero-order chi connectivity index (χ0) is 32.6. The number of rotatable bonds is 8. The van der Waals surface area contributed by atoms with Crippen molar-refractivity contribution in [3.8, 4) is 11.1 Å². The van der Waals surface area contributed by atoms with Gasteiger partial charge in [0, 0.05) is 48.1 Å². The van der Waals surface area contributed by atoms with Crippen LogP contribution in [0.5, 0.6) is 0 Å². The lowest BCUT2D eigenvalue weighted by Gasteiger charge is -2.12. The number of nitrogens with zero attached hydrogens (tertiary/aromatic N) is 2. The molecule has 1 aliphatic rings. The summed E-state index contributed by atoms with van der Waals surface area (Å²) in [7, 11) is -14.7. The van der Waals surface area contributed by atoms with Gasteiger partial charge in [-0.2, -0.15) is 16.8 Å². The molecule has 4 N–H and O–H groups in total. The summed E-state index contributed by atoms with van der Waals surface area (Å²) in [5.41, 5.74) is -0.699. The van der Waals surface area contributed by atoms with Crippen molar-refractivity contribution in [1.82, 2.24) is 9.97 Å². The maximum atomic E-state index is 13.6. The molecular weight excluding hydrogens is 649 g/mol. The van der Waals surface area contributed by atoms with E-state index in [1.807, 2.05) is 0 Å². The van der Waals surface area contributed by atoms with E-state index in [0.29, 0.717) is 11.1 Å². The molecule has 3 heterocycles. The van der Waals surface area contributed by atoms with E-state index in [1.54, 1.807) is 24.3 Å². The number of aromatic nitrogens is 2. The van der Waals surface area contributed by atoms with E-state index in [2.05, 4.69) is 20.6 Å². The molecule has 0 bridgehead atoms. The van der Waals surface area contributed by atoms with E-state index < -0.39 is 72.8 Å². The number of anilines is 2. The molecule has 45 heavy (non-hydrogen) atoms. The summed E-state index contributed by atoms with van der Waals surface area (Å²) in [5, 5.41) is 4.47. The van der Waals surface area contributed by atoms with Crippen LogP contribution >= 0.6 is 0 Å². The van der Waals surface area contributed by atoms with Crippen molar-refractivity contribution in [2.75, 3.05) is 10.6 Å². The standard InChI is InChI=1S/C28H20N4O10S3/c33-27(3-1-17-5-9-29-10-6-17)31-21-15-23-19(13-25(21)44(37,38)39)20-14-26(45(40,41)42)22(16-24(20)43(23,35)36)32-28(34)4-2-18-7-11-30-12-8-18/h1-16H,(H,31,33)(H,32,34)(H,37,38,39)(H,40,41,42)/b3-1+,4-2+. The zero-order valence-electron chi connectivity index (χ0n) is 22.5. The van der Waals surface area contributed by atoms with Crippen LogP contribution in [0.15, 0.2) is 105 Å². The van der Waals surface area contributed by atoms with Gasteiger partial charge in [0.05, 0.1) is 21.2 Å². The van der Waals surface area contributed by atoms with E-state index in [-0.39, 0.29) is 11.1 Å². The van der Waals surface area contributed by atoms with Crippen molar-refractivity contribution < 1.29 is 43.9 Å². The molecule has 0 spiro atoms. The predicted octanol–water partition coefficient (Wildman–Crippen LogP) is 3.09. The molecule has 14 nitrogen and oxygen atoms in total. The molecule has 0 unspecified atom stereocenters. The average Bonchev–Trinajstić information content (AvgIpc) is 3.19. The lowest BCUT2D eigenvalue weighted by atomic mass is 10.0. The summed E-state index contributed by atoms with van der Waals surface area (Å²) in [6.45, 7) is 0. The fraction of sp³-hybridized carbons (Fsp3) is 0. The highest BCUT2D eigenvalue weighted by atomic mass is 32.2. The molecule has 1 aliphatic heterocycles. The van der Waals surface area contributed by atoms with Gasteiger partial charge in [0.25, 0.3) is 20.2 Å². The van der Waals surface area contributed by atoms with E-state index in [0.717, 1.165) is 36.4 Å². The molecule has 0 atom stereocenters. The molecule has 0 saturated heterocycles. The van der Waals surface area contributed by atoms with Gasteiger partial charge in [0.15, 0.2) is 0 Å². The molecule has 17 heteroatoms. The summed E-state index contributed by atoms with van der Waals surface area (Å²) in [4.78, 5) is 30.0. The maximum absolute atomic E-state index is 13.6. The fourth-order valence-electron chi connectivity index (χ4n) is 4.37. The molecule has 2 amide bonds. The summed E-state index contributed by atoms with van der Waals surface area (Å²) >= 11 is 0. The lowest BCUT2D eigenvalue weighted by Crippen LogP contribution is -2.13. The van der Waals surface area contributed by atoms with E-state index >= 15 is 0 Å². The van der Waals surface area contributed by atoms with Crippen molar-refractivity contribution in [3.05, 3.63) is 96.6 Å². The van der Waals surface area contributed by atoms with Crippen molar-refractivity contribution in [1.29, 1.82) is 0 Å². The Balaban J connectivity index is 1.58. The first-order chi connectivity index (χ1) is 21.1. The van der Waals surface area contributed by atoms with Gasteiger partial charge in [-0.15, -0.1) is 0 Å². The molecule has 2 aromatic carbocycles. The summed E-state index contributed by atoms with van der Waals surface area (Å²) in [6.07, 6.45) is 10.7. The Morgan fingerprint density at radius 3 is 1.33 bits per heavy atom. The minimum absolute atomic E-state index is 0.344. The molecule has 4 aromatic rings. The topological polar surface area (TPSA) is 227 Å². The minimum atomic E-state index is -5.08. The van der Waals surface area contributed by atoms with Crippen LogP contribution in [0.3, 0.4) is 0 Å². The monoisotopic (exact) mass is 668 g/mol. The third-order valence-electron chi connectivity index (χ3n) is 6.37. The molecule has 0 fully saturated rings. The van der Waals surface area contributed by atoms with Gasteiger partial charge in [0.2, 0.25) is 21.7 Å². The number of carbonyl (C=O) groups excluding carboxylic acids is 2. The van der Waals surface area contributed by atoms with Crippen molar-refractivity contribution in [3.63, 3.8) is 0 Å². The summed E-state index contributed by atoms with van der Waals surface area (Å²) in [6, 6.07) is 9.44. The van der Waals surface area contributed by atoms with Gasteiger partial charge in [0.1, 0.15) is 9.79 Å². The number of nitrogens with one attached hydrogen (secondary N) is 2. The van der Waals surface area contributed by atoms with E-state index in [1.165, 1.54) is 36.9 Å². The Bertz CT molecular complexity index is 2100. The third-order valence-corrected chi connectivity index (χ3v) is 9.99. The molecule has 0 aliphatic carbocycles. The molecular formula is C28H20N4O10S3. The molecule has 230 valence electrons. The number of benzene rings is 2. The molecule has 5 rings (SSSR count). The number of carbonyl (C=O) groups is 2. The number of hydrogen-bond acceptors (Lipinski definition) is 10. The van der Waals surface area contributed by atoms with Crippen LogP contribution in [-0.2, 0) is 39.7 Å². The first-order valence-electron chi connectivity index (χ1n) is 12.5. The Labute approximate surface area is 256 Å². The van der Waals surface area contributed by atoms with E-state index in [9.17, 15) is 43.9 Å². The van der Waals surface area contributed by atoms with Crippen LogP contribution in [0.2, 0.25) is 0 Å². The summed E-state index contributed by atoms with van der Waals surface area (Å²) < 4.78 is 96.2. The average molecular weight is 669 g/mol. The smallest absolute Gasteiger partial charge is 0.296 e. The molecule has 0 radical (unpaired) electrons.